The minimum absolute atomic E-state index is 0.0821. The molecule has 0 aromatic heterocycles. The SMILES string of the molecule is [N-]=[N+]=NCCC(O)C(O)c1ccc(C=O)cc1Cl. The van der Waals surface area contributed by atoms with Crippen LogP contribution in [0.3, 0.4) is 0 Å². The summed E-state index contributed by atoms with van der Waals surface area (Å²) in [4.78, 5) is 13.1. The van der Waals surface area contributed by atoms with Crippen molar-refractivity contribution in [2.75, 3.05) is 6.54 Å². The molecule has 2 unspecified atom stereocenters. The number of carbonyl (C=O) groups excluding carboxylic acids is 1. The number of hydrogen-bond donors (Lipinski definition) is 2. The van der Waals surface area contributed by atoms with Crippen molar-refractivity contribution in [3.8, 4) is 0 Å². The smallest absolute Gasteiger partial charge is 0.150 e. The van der Waals surface area contributed by atoms with Gasteiger partial charge in [-0.2, -0.15) is 0 Å². The number of hydrogen-bond acceptors (Lipinski definition) is 4. The normalized spacial score (nSPS) is 13.5. The minimum Gasteiger partial charge on any atom is -0.390 e. The van der Waals surface area contributed by atoms with Crippen LogP contribution >= 0.6 is 11.6 Å². The quantitative estimate of drug-likeness (QED) is 0.358. The van der Waals surface area contributed by atoms with Gasteiger partial charge in [0.15, 0.2) is 0 Å². The molecule has 0 saturated carbocycles. The summed E-state index contributed by atoms with van der Waals surface area (Å²) in [6.45, 7) is 0.0821. The summed E-state index contributed by atoms with van der Waals surface area (Å²) < 4.78 is 0. The van der Waals surface area contributed by atoms with E-state index >= 15 is 0 Å². The van der Waals surface area contributed by atoms with Crippen molar-refractivity contribution in [2.45, 2.75) is 18.6 Å². The highest BCUT2D eigenvalue weighted by molar-refractivity contribution is 6.31. The number of rotatable bonds is 6. The monoisotopic (exact) mass is 269 g/mol. The first-order chi connectivity index (χ1) is 8.60. The van der Waals surface area contributed by atoms with Gasteiger partial charge in [0.25, 0.3) is 0 Å². The van der Waals surface area contributed by atoms with Crippen LogP contribution in [0.15, 0.2) is 23.3 Å². The molecule has 0 bridgehead atoms. The molecule has 0 aliphatic rings. The summed E-state index contributed by atoms with van der Waals surface area (Å²) in [5.41, 5.74) is 8.81. The molecule has 0 aliphatic heterocycles. The number of halogens is 1. The molecule has 0 amide bonds. The van der Waals surface area contributed by atoms with E-state index in [9.17, 15) is 15.0 Å². The van der Waals surface area contributed by atoms with E-state index in [2.05, 4.69) is 10.0 Å². The summed E-state index contributed by atoms with van der Waals surface area (Å²) >= 11 is 5.90. The number of carbonyl (C=O) groups is 1. The van der Waals surface area contributed by atoms with E-state index in [4.69, 9.17) is 17.1 Å². The molecule has 0 saturated heterocycles. The van der Waals surface area contributed by atoms with Crippen LogP contribution in [0.25, 0.3) is 10.4 Å². The third-order valence-electron chi connectivity index (χ3n) is 2.43. The van der Waals surface area contributed by atoms with Gasteiger partial charge in [-0.1, -0.05) is 28.8 Å². The van der Waals surface area contributed by atoms with Gasteiger partial charge in [-0.05, 0) is 18.0 Å². The van der Waals surface area contributed by atoms with E-state index < -0.39 is 12.2 Å². The van der Waals surface area contributed by atoms with E-state index in [1.165, 1.54) is 18.2 Å². The summed E-state index contributed by atoms with van der Waals surface area (Å²) in [5, 5.41) is 23.0. The fourth-order valence-corrected chi connectivity index (χ4v) is 1.76. The van der Waals surface area contributed by atoms with Crippen LogP contribution in [0.5, 0.6) is 0 Å². The Bertz CT molecular complexity index is 475. The van der Waals surface area contributed by atoms with Gasteiger partial charge in [0.1, 0.15) is 12.4 Å². The van der Waals surface area contributed by atoms with Gasteiger partial charge in [0, 0.05) is 27.6 Å². The van der Waals surface area contributed by atoms with E-state index in [0.29, 0.717) is 17.4 Å². The van der Waals surface area contributed by atoms with Crippen molar-refractivity contribution in [1.82, 2.24) is 0 Å². The van der Waals surface area contributed by atoms with Gasteiger partial charge in [-0.3, -0.25) is 4.79 Å². The Morgan fingerprint density at radius 2 is 2.22 bits per heavy atom. The Morgan fingerprint density at radius 3 is 2.78 bits per heavy atom. The maximum atomic E-state index is 10.5. The van der Waals surface area contributed by atoms with E-state index in [0.717, 1.165) is 0 Å². The number of aldehydes is 1. The zero-order valence-electron chi connectivity index (χ0n) is 9.40. The zero-order valence-corrected chi connectivity index (χ0v) is 10.2. The van der Waals surface area contributed by atoms with Crippen LogP contribution in [-0.4, -0.2) is 29.1 Å². The topological polar surface area (TPSA) is 106 Å². The molecule has 2 N–H and O–H groups in total. The first-order valence-electron chi connectivity index (χ1n) is 5.21. The molecule has 1 aromatic carbocycles. The average molecular weight is 270 g/mol. The predicted octanol–water partition coefficient (Wildman–Crippen LogP) is 2.25. The lowest BCUT2D eigenvalue weighted by Crippen LogP contribution is -2.19. The van der Waals surface area contributed by atoms with Crippen molar-refractivity contribution in [2.24, 2.45) is 5.11 Å². The molecular weight excluding hydrogens is 258 g/mol. The summed E-state index contributed by atoms with van der Waals surface area (Å²) in [6, 6.07) is 4.39. The molecule has 0 radical (unpaired) electrons. The summed E-state index contributed by atoms with van der Waals surface area (Å²) in [6.07, 6.45) is -1.51. The molecule has 0 aliphatic carbocycles. The fraction of sp³-hybridized carbons (Fsp3) is 0.364. The fourth-order valence-electron chi connectivity index (χ4n) is 1.46. The number of benzene rings is 1. The Labute approximate surface area is 108 Å². The lowest BCUT2D eigenvalue weighted by atomic mass is 10.0. The number of nitrogens with zero attached hydrogens (tertiary/aromatic N) is 3. The van der Waals surface area contributed by atoms with Crippen molar-refractivity contribution >= 4 is 17.9 Å². The second-order valence-electron chi connectivity index (χ2n) is 3.65. The zero-order chi connectivity index (χ0) is 13.5. The van der Waals surface area contributed by atoms with Crippen LogP contribution in [-0.2, 0) is 0 Å². The third kappa shape index (κ3) is 3.72. The van der Waals surface area contributed by atoms with Gasteiger partial charge in [0.05, 0.1) is 6.10 Å². The van der Waals surface area contributed by atoms with E-state index in [1.54, 1.807) is 0 Å². The van der Waals surface area contributed by atoms with E-state index in [-0.39, 0.29) is 18.0 Å². The molecule has 0 heterocycles. The average Bonchev–Trinajstić information content (AvgIpc) is 2.38. The lowest BCUT2D eigenvalue weighted by Gasteiger charge is -2.18. The Balaban J connectivity index is 2.79. The number of azide groups is 1. The van der Waals surface area contributed by atoms with Crippen molar-refractivity contribution < 1.29 is 15.0 Å². The van der Waals surface area contributed by atoms with Gasteiger partial charge in [-0.15, -0.1) is 0 Å². The number of aliphatic hydroxyl groups is 2. The first kappa shape index (κ1) is 14.5. The number of aliphatic hydroxyl groups excluding tert-OH is 2. The highest BCUT2D eigenvalue weighted by Gasteiger charge is 2.20. The van der Waals surface area contributed by atoms with Gasteiger partial charge in [-0.25, -0.2) is 0 Å². The Morgan fingerprint density at radius 1 is 1.50 bits per heavy atom. The molecule has 1 rings (SSSR count). The molecular formula is C11H12ClN3O3. The van der Waals surface area contributed by atoms with Crippen molar-refractivity contribution in [3.05, 3.63) is 44.8 Å². The van der Waals surface area contributed by atoms with Gasteiger partial charge >= 0.3 is 0 Å². The molecule has 96 valence electrons. The highest BCUT2D eigenvalue weighted by Crippen LogP contribution is 2.27. The molecule has 6 nitrogen and oxygen atoms in total. The van der Waals surface area contributed by atoms with Crippen molar-refractivity contribution in [1.29, 1.82) is 0 Å². The largest absolute Gasteiger partial charge is 0.390 e. The third-order valence-corrected chi connectivity index (χ3v) is 2.76. The molecule has 0 spiro atoms. The van der Waals surface area contributed by atoms with Crippen LogP contribution < -0.4 is 0 Å². The molecule has 18 heavy (non-hydrogen) atoms. The summed E-state index contributed by atoms with van der Waals surface area (Å²) in [5.74, 6) is 0. The molecule has 7 heteroatoms. The predicted molar refractivity (Wildman–Crippen MR) is 66.4 cm³/mol. The van der Waals surface area contributed by atoms with Crippen LogP contribution in [0.4, 0.5) is 0 Å². The lowest BCUT2D eigenvalue weighted by molar-refractivity contribution is 0.0151. The maximum absolute atomic E-state index is 10.5. The first-order valence-corrected chi connectivity index (χ1v) is 5.59. The van der Waals surface area contributed by atoms with Crippen LogP contribution in [0.2, 0.25) is 5.02 Å². The van der Waals surface area contributed by atoms with Gasteiger partial charge in [0.2, 0.25) is 0 Å². The second-order valence-corrected chi connectivity index (χ2v) is 4.06. The Hall–Kier alpha value is -1.59. The van der Waals surface area contributed by atoms with Crippen LogP contribution in [0.1, 0.15) is 28.4 Å². The molecule has 1 aromatic rings. The second kappa shape index (κ2) is 6.98. The van der Waals surface area contributed by atoms with E-state index in [1.807, 2.05) is 0 Å². The van der Waals surface area contributed by atoms with Crippen LogP contribution in [0, 0.1) is 0 Å². The maximum Gasteiger partial charge on any atom is 0.150 e. The van der Waals surface area contributed by atoms with Crippen molar-refractivity contribution in [3.63, 3.8) is 0 Å². The Kier molecular flexibility index (Phi) is 5.61. The standard InChI is InChI=1S/C11H12ClN3O3/c12-9-5-7(6-16)1-2-8(9)11(18)10(17)3-4-14-15-13/h1-2,5-6,10-11,17-18H,3-4H2. The molecule has 0 fully saturated rings. The molecule has 2 atom stereocenters. The highest BCUT2D eigenvalue weighted by atomic mass is 35.5. The minimum atomic E-state index is -1.19. The van der Waals surface area contributed by atoms with Gasteiger partial charge < -0.3 is 10.2 Å². The summed E-state index contributed by atoms with van der Waals surface area (Å²) in [7, 11) is 0.